The maximum Gasteiger partial charge on any atom is 0.287 e. The molecule has 2 N–H and O–H groups in total. The molecule has 1 aliphatic rings. The Morgan fingerprint density at radius 3 is 2.78 bits per heavy atom. The van der Waals surface area contributed by atoms with Crippen molar-refractivity contribution >= 4 is 11.8 Å². The molecule has 1 aliphatic heterocycles. The molecule has 0 aromatic carbocycles. The number of hydrogen-bond donors (Lipinski definition) is 2. The maximum atomic E-state index is 12.1. The Morgan fingerprint density at radius 1 is 1.44 bits per heavy atom. The van der Waals surface area contributed by atoms with E-state index in [2.05, 4.69) is 10.6 Å². The first-order chi connectivity index (χ1) is 8.68. The first-order valence-electron chi connectivity index (χ1n) is 6.02. The number of rotatable bonds is 3. The highest BCUT2D eigenvalue weighted by Crippen LogP contribution is 2.02. The molecule has 6 heteroatoms. The summed E-state index contributed by atoms with van der Waals surface area (Å²) < 4.78 is 4.97. The lowest BCUT2D eigenvalue weighted by atomic mass is 10.2. The smallest absolute Gasteiger partial charge is 0.287 e. The van der Waals surface area contributed by atoms with Crippen molar-refractivity contribution in [1.82, 2.24) is 15.5 Å². The van der Waals surface area contributed by atoms with E-state index < -0.39 is 6.04 Å². The van der Waals surface area contributed by atoms with Crippen LogP contribution >= 0.6 is 0 Å². The van der Waals surface area contributed by atoms with Gasteiger partial charge < -0.3 is 20.0 Å². The monoisotopic (exact) mass is 251 g/mol. The molecule has 2 rings (SSSR count). The second kappa shape index (κ2) is 5.68. The fourth-order valence-electron chi connectivity index (χ4n) is 1.90. The van der Waals surface area contributed by atoms with E-state index in [0.717, 1.165) is 13.1 Å². The van der Waals surface area contributed by atoms with Crippen LogP contribution in [0.5, 0.6) is 0 Å². The van der Waals surface area contributed by atoms with Crippen molar-refractivity contribution in [2.75, 3.05) is 26.2 Å². The minimum atomic E-state index is -0.541. The van der Waals surface area contributed by atoms with Crippen molar-refractivity contribution in [2.24, 2.45) is 0 Å². The third-order valence-electron chi connectivity index (χ3n) is 2.89. The molecule has 98 valence electrons. The summed E-state index contributed by atoms with van der Waals surface area (Å²) in [7, 11) is 0. The molecule has 6 nitrogen and oxygen atoms in total. The topological polar surface area (TPSA) is 74.6 Å². The number of nitrogens with zero attached hydrogens (tertiary/aromatic N) is 1. The summed E-state index contributed by atoms with van der Waals surface area (Å²) in [6.45, 7) is 4.64. The zero-order valence-electron chi connectivity index (χ0n) is 10.3. The predicted octanol–water partition coefficient (Wildman–Crippen LogP) is -0.170. The van der Waals surface area contributed by atoms with E-state index in [1.54, 1.807) is 24.0 Å². The van der Waals surface area contributed by atoms with Crippen molar-refractivity contribution < 1.29 is 14.0 Å². The summed E-state index contributed by atoms with van der Waals surface area (Å²) in [5.74, 6) is -0.206. The SMILES string of the molecule is CC(NC(=O)c1ccco1)C(=O)N1CCNCC1. The molecule has 0 spiro atoms. The van der Waals surface area contributed by atoms with Gasteiger partial charge in [0.1, 0.15) is 6.04 Å². The number of carbonyl (C=O) groups excluding carboxylic acids is 2. The van der Waals surface area contributed by atoms with E-state index in [0.29, 0.717) is 13.1 Å². The molecule has 1 saturated heterocycles. The van der Waals surface area contributed by atoms with E-state index in [4.69, 9.17) is 4.42 Å². The highest BCUT2D eigenvalue weighted by Gasteiger charge is 2.24. The molecule has 1 fully saturated rings. The summed E-state index contributed by atoms with van der Waals surface area (Å²) >= 11 is 0. The van der Waals surface area contributed by atoms with Crippen molar-refractivity contribution in [1.29, 1.82) is 0 Å². The van der Waals surface area contributed by atoms with Crippen LogP contribution in [0.1, 0.15) is 17.5 Å². The van der Waals surface area contributed by atoms with Gasteiger partial charge in [0.05, 0.1) is 6.26 Å². The summed E-state index contributed by atoms with van der Waals surface area (Å²) in [6.07, 6.45) is 1.43. The van der Waals surface area contributed by atoms with E-state index >= 15 is 0 Å². The zero-order chi connectivity index (χ0) is 13.0. The number of piperazine rings is 1. The van der Waals surface area contributed by atoms with Crippen LogP contribution in [0.25, 0.3) is 0 Å². The molecule has 0 bridgehead atoms. The number of nitrogens with one attached hydrogen (secondary N) is 2. The van der Waals surface area contributed by atoms with Crippen molar-refractivity contribution in [3.05, 3.63) is 24.2 Å². The van der Waals surface area contributed by atoms with Crippen molar-refractivity contribution in [3.63, 3.8) is 0 Å². The van der Waals surface area contributed by atoms with Gasteiger partial charge in [-0.1, -0.05) is 0 Å². The predicted molar refractivity (Wildman–Crippen MR) is 65.1 cm³/mol. The first kappa shape index (κ1) is 12.6. The van der Waals surface area contributed by atoms with E-state index in [1.807, 2.05) is 0 Å². The molecule has 1 aromatic rings. The third-order valence-corrected chi connectivity index (χ3v) is 2.89. The fourth-order valence-corrected chi connectivity index (χ4v) is 1.90. The van der Waals surface area contributed by atoms with Crippen LogP contribution < -0.4 is 10.6 Å². The third kappa shape index (κ3) is 2.89. The molecule has 2 heterocycles. The Morgan fingerprint density at radius 2 is 2.17 bits per heavy atom. The van der Waals surface area contributed by atoms with Crippen LogP contribution in [0.15, 0.2) is 22.8 Å². The van der Waals surface area contributed by atoms with Gasteiger partial charge in [-0.3, -0.25) is 9.59 Å². The summed E-state index contributed by atoms with van der Waals surface area (Å²) in [4.78, 5) is 25.5. The molecule has 0 saturated carbocycles. The normalized spacial score (nSPS) is 17.3. The second-order valence-electron chi connectivity index (χ2n) is 4.25. The van der Waals surface area contributed by atoms with Gasteiger partial charge in [-0.25, -0.2) is 0 Å². The van der Waals surface area contributed by atoms with Crippen LogP contribution in [-0.2, 0) is 4.79 Å². The average molecular weight is 251 g/mol. The molecule has 1 unspecified atom stereocenters. The van der Waals surface area contributed by atoms with Crippen LogP contribution in [0.2, 0.25) is 0 Å². The highest BCUT2D eigenvalue weighted by molar-refractivity contribution is 5.95. The molecule has 1 atom stereocenters. The van der Waals surface area contributed by atoms with Gasteiger partial charge in [0.15, 0.2) is 5.76 Å². The molecule has 0 radical (unpaired) electrons. The molecule has 2 amide bonds. The lowest BCUT2D eigenvalue weighted by Gasteiger charge is -2.29. The Labute approximate surface area is 105 Å². The van der Waals surface area contributed by atoms with Crippen LogP contribution in [-0.4, -0.2) is 48.9 Å². The second-order valence-corrected chi connectivity index (χ2v) is 4.25. The number of carbonyl (C=O) groups is 2. The quantitative estimate of drug-likeness (QED) is 0.782. The van der Waals surface area contributed by atoms with Gasteiger partial charge in [0.25, 0.3) is 5.91 Å². The first-order valence-corrected chi connectivity index (χ1v) is 6.02. The highest BCUT2D eigenvalue weighted by atomic mass is 16.3. The number of amides is 2. The van der Waals surface area contributed by atoms with Crippen molar-refractivity contribution in [3.8, 4) is 0 Å². The number of hydrogen-bond acceptors (Lipinski definition) is 4. The Hall–Kier alpha value is -1.82. The Bertz CT molecular complexity index is 410. The van der Waals surface area contributed by atoms with Crippen molar-refractivity contribution in [2.45, 2.75) is 13.0 Å². The lowest BCUT2D eigenvalue weighted by Crippen LogP contribution is -2.53. The van der Waals surface area contributed by atoms with Gasteiger partial charge in [-0.05, 0) is 19.1 Å². The minimum Gasteiger partial charge on any atom is -0.459 e. The van der Waals surface area contributed by atoms with E-state index in [-0.39, 0.29) is 17.6 Å². The summed E-state index contributed by atoms with van der Waals surface area (Å²) in [5, 5.41) is 5.81. The van der Waals surface area contributed by atoms with E-state index in [1.165, 1.54) is 6.26 Å². The molecule has 1 aromatic heterocycles. The van der Waals surface area contributed by atoms with Gasteiger partial charge in [-0.2, -0.15) is 0 Å². The minimum absolute atomic E-state index is 0.0589. The fraction of sp³-hybridized carbons (Fsp3) is 0.500. The van der Waals surface area contributed by atoms with Gasteiger partial charge in [0, 0.05) is 26.2 Å². The lowest BCUT2D eigenvalue weighted by molar-refractivity contribution is -0.133. The van der Waals surface area contributed by atoms with E-state index in [9.17, 15) is 9.59 Å². The average Bonchev–Trinajstić information content (AvgIpc) is 2.92. The number of furan rings is 1. The largest absolute Gasteiger partial charge is 0.459 e. The van der Waals surface area contributed by atoms with Gasteiger partial charge in [-0.15, -0.1) is 0 Å². The summed E-state index contributed by atoms with van der Waals surface area (Å²) in [6, 6.07) is 2.66. The Kier molecular flexibility index (Phi) is 3.99. The Balaban J connectivity index is 1.88. The van der Waals surface area contributed by atoms with Gasteiger partial charge >= 0.3 is 0 Å². The van der Waals surface area contributed by atoms with Crippen LogP contribution in [0, 0.1) is 0 Å². The van der Waals surface area contributed by atoms with Crippen LogP contribution in [0.4, 0.5) is 0 Å². The molecule has 18 heavy (non-hydrogen) atoms. The molecule has 0 aliphatic carbocycles. The maximum absolute atomic E-state index is 12.1. The summed E-state index contributed by atoms with van der Waals surface area (Å²) in [5.41, 5.74) is 0. The standard InChI is InChI=1S/C12H17N3O3/c1-9(12(17)15-6-4-13-5-7-15)14-11(16)10-3-2-8-18-10/h2-3,8-9,13H,4-7H2,1H3,(H,14,16). The zero-order valence-corrected chi connectivity index (χ0v) is 10.3. The molecular formula is C12H17N3O3. The molecular weight excluding hydrogens is 234 g/mol. The van der Waals surface area contributed by atoms with Crippen LogP contribution in [0.3, 0.4) is 0 Å². The van der Waals surface area contributed by atoms with Gasteiger partial charge in [0.2, 0.25) is 5.91 Å².